The molecule has 0 saturated carbocycles. The first kappa shape index (κ1) is 11.6. The molecule has 0 aliphatic carbocycles. The number of nitrogens with zero attached hydrogens (tertiary/aromatic N) is 2. The third-order valence-corrected chi connectivity index (χ3v) is 3.99. The number of rotatable bonds is 2. The van der Waals surface area contributed by atoms with Crippen molar-refractivity contribution in [1.82, 2.24) is 15.2 Å². The van der Waals surface area contributed by atoms with Crippen LogP contribution in [0.3, 0.4) is 0 Å². The maximum Gasteiger partial charge on any atom is 0.254 e. The number of carbonyl (C=O) groups excluding carboxylic acids is 1. The van der Waals surface area contributed by atoms with E-state index >= 15 is 0 Å². The molecule has 1 amide bonds. The molecule has 0 aromatic carbocycles. The third-order valence-electron chi connectivity index (χ3n) is 3.99. The molecule has 3 saturated heterocycles. The number of hydrogen-bond acceptors (Lipinski definition) is 3. The third kappa shape index (κ3) is 2.10. The summed E-state index contributed by atoms with van der Waals surface area (Å²) in [6, 6.07) is 1.58. The Balaban J connectivity index is 1.70. The smallest absolute Gasteiger partial charge is 0.254 e. The van der Waals surface area contributed by atoms with Crippen molar-refractivity contribution < 1.29 is 9.18 Å². The van der Waals surface area contributed by atoms with E-state index in [0.717, 1.165) is 38.7 Å². The van der Waals surface area contributed by atoms with Crippen LogP contribution in [0.15, 0.2) is 18.5 Å². The summed E-state index contributed by atoms with van der Waals surface area (Å²) in [4.78, 5) is 18.0. The van der Waals surface area contributed by atoms with Crippen molar-refractivity contribution in [2.24, 2.45) is 5.92 Å². The summed E-state index contributed by atoms with van der Waals surface area (Å²) in [5.41, 5.74) is 0.0847. The molecule has 18 heavy (non-hydrogen) atoms. The number of carbonyl (C=O) groups is 1. The van der Waals surface area contributed by atoms with Crippen molar-refractivity contribution in [2.75, 3.05) is 19.6 Å². The zero-order valence-electron chi connectivity index (χ0n) is 10.1. The molecule has 1 unspecified atom stereocenters. The number of fused-ring (bicyclic) bond motifs is 3. The highest BCUT2D eigenvalue weighted by Crippen LogP contribution is 2.27. The summed E-state index contributed by atoms with van der Waals surface area (Å²) in [5, 5.41) is 2.96. The molecule has 1 N–H and O–H groups in total. The van der Waals surface area contributed by atoms with Gasteiger partial charge in [0.2, 0.25) is 0 Å². The van der Waals surface area contributed by atoms with Crippen LogP contribution in [-0.2, 0) is 0 Å². The molecule has 1 aromatic heterocycles. The van der Waals surface area contributed by atoms with Crippen LogP contribution in [0.4, 0.5) is 4.39 Å². The fourth-order valence-corrected chi connectivity index (χ4v) is 2.93. The van der Waals surface area contributed by atoms with Crippen LogP contribution in [0.25, 0.3) is 0 Å². The summed E-state index contributed by atoms with van der Waals surface area (Å²) in [6.07, 6.45) is 4.77. The molecule has 4 rings (SSSR count). The highest BCUT2D eigenvalue weighted by molar-refractivity contribution is 5.94. The molecule has 0 spiro atoms. The lowest BCUT2D eigenvalue weighted by Gasteiger charge is -2.44. The fourth-order valence-electron chi connectivity index (χ4n) is 2.93. The van der Waals surface area contributed by atoms with Crippen LogP contribution >= 0.6 is 0 Å². The van der Waals surface area contributed by atoms with Crippen molar-refractivity contribution >= 4 is 5.91 Å². The van der Waals surface area contributed by atoms with Gasteiger partial charge in [-0.2, -0.15) is 0 Å². The quantitative estimate of drug-likeness (QED) is 0.852. The maximum absolute atomic E-state index is 13.4. The van der Waals surface area contributed by atoms with Gasteiger partial charge in [0.25, 0.3) is 5.91 Å². The summed E-state index contributed by atoms with van der Waals surface area (Å²) in [6.45, 7) is 3.14. The van der Waals surface area contributed by atoms with Gasteiger partial charge in [-0.3, -0.25) is 9.78 Å². The van der Waals surface area contributed by atoms with E-state index in [1.807, 2.05) is 0 Å². The van der Waals surface area contributed by atoms with Crippen LogP contribution in [-0.4, -0.2) is 41.5 Å². The second kappa shape index (κ2) is 4.65. The Hall–Kier alpha value is -1.49. The summed E-state index contributed by atoms with van der Waals surface area (Å²) in [5.74, 6) is -0.339. The number of hydrogen-bond donors (Lipinski definition) is 1. The van der Waals surface area contributed by atoms with Crippen molar-refractivity contribution in [1.29, 1.82) is 0 Å². The maximum atomic E-state index is 13.4. The summed E-state index contributed by atoms with van der Waals surface area (Å²) < 4.78 is 13.4. The minimum absolute atomic E-state index is 0.0847. The van der Waals surface area contributed by atoms with Gasteiger partial charge >= 0.3 is 0 Å². The van der Waals surface area contributed by atoms with Crippen LogP contribution in [0, 0.1) is 11.7 Å². The average Bonchev–Trinajstić information content (AvgIpc) is 2.40. The molecule has 1 aromatic rings. The second-order valence-corrected chi connectivity index (χ2v) is 5.07. The van der Waals surface area contributed by atoms with Crippen LogP contribution in [0.1, 0.15) is 23.2 Å². The molecule has 3 fully saturated rings. The Labute approximate surface area is 105 Å². The Bertz CT molecular complexity index is 457. The van der Waals surface area contributed by atoms with E-state index < -0.39 is 5.82 Å². The molecule has 5 heteroatoms. The number of amides is 1. The van der Waals surface area contributed by atoms with Gasteiger partial charge in [0.1, 0.15) is 0 Å². The zero-order valence-corrected chi connectivity index (χ0v) is 10.1. The highest BCUT2D eigenvalue weighted by Gasteiger charge is 2.35. The molecule has 3 aliphatic heterocycles. The normalized spacial score (nSPS) is 30.2. The van der Waals surface area contributed by atoms with E-state index in [1.165, 1.54) is 12.3 Å². The topological polar surface area (TPSA) is 45.2 Å². The lowest BCUT2D eigenvalue weighted by atomic mass is 9.84. The van der Waals surface area contributed by atoms with Crippen molar-refractivity contribution in [3.8, 4) is 0 Å². The lowest BCUT2D eigenvalue weighted by Crippen LogP contribution is -2.57. The number of pyridine rings is 1. The molecule has 96 valence electrons. The van der Waals surface area contributed by atoms with E-state index in [2.05, 4.69) is 15.2 Å². The van der Waals surface area contributed by atoms with E-state index in [9.17, 15) is 9.18 Å². The molecule has 2 bridgehead atoms. The molecular weight excluding hydrogens is 233 g/mol. The predicted octanol–water partition coefficient (Wildman–Crippen LogP) is 1.04. The first-order valence-corrected chi connectivity index (χ1v) is 6.37. The average molecular weight is 249 g/mol. The van der Waals surface area contributed by atoms with Gasteiger partial charge in [-0.15, -0.1) is 0 Å². The van der Waals surface area contributed by atoms with Crippen LogP contribution < -0.4 is 5.32 Å². The van der Waals surface area contributed by atoms with E-state index in [4.69, 9.17) is 0 Å². The van der Waals surface area contributed by atoms with E-state index in [1.54, 1.807) is 0 Å². The first-order chi connectivity index (χ1) is 8.74. The summed E-state index contributed by atoms with van der Waals surface area (Å²) in [7, 11) is 0. The Kier molecular flexibility index (Phi) is 2.99. The Morgan fingerprint density at radius 2 is 2.22 bits per heavy atom. The fraction of sp³-hybridized carbons (Fsp3) is 0.538. The monoisotopic (exact) mass is 249 g/mol. The largest absolute Gasteiger partial charge is 0.348 e. The van der Waals surface area contributed by atoms with Crippen LogP contribution in [0.5, 0.6) is 0 Å². The van der Waals surface area contributed by atoms with E-state index in [-0.39, 0.29) is 17.5 Å². The molecule has 4 nitrogen and oxygen atoms in total. The van der Waals surface area contributed by atoms with Gasteiger partial charge in [-0.05, 0) is 37.9 Å². The SMILES string of the molecule is O=C(NC1CN2CCC1CC2)c1ccncc1F. The van der Waals surface area contributed by atoms with Gasteiger partial charge in [-0.1, -0.05) is 0 Å². The van der Waals surface area contributed by atoms with Gasteiger partial charge in [0.15, 0.2) is 5.82 Å². The van der Waals surface area contributed by atoms with Gasteiger partial charge in [-0.25, -0.2) is 4.39 Å². The van der Waals surface area contributed by atoms with Crippen molar-refractivity contribution in [2.45, 2.75) is 18.9 Å². The minimum Gasteiger partial charge on any atom is -0.348 e. The lowest BCUT2D eigenvalue weighted by molar-refractivity contribution is 0.0618. The Morgan fingerprint density at radius 1 is 1.44 bits per heavy atom. The highest BCUT2D eigenvalue weighted by atomic mass is 19.1. The number of halogens is 1. The summed E-state index contributed by atoms with van der Waals surface area (Å²) >= 11 is 0. The minimum atomic E-state index is -0.559. The zero-order chi connectivity index (χ0) is 12.5. The van der Waals surface area contributed by atoms with Crippen molar-refractivity contribution in [3.05, 3.63) is 29.8 Å². The molecule has 0 radical (unpaired) electrons. The van der Waals surface area contributed by atoms with Gasteiger partial charge in [0.05, 0.1) is 11.8 Å². The van der Waals surface area contributed by atoms with Crippen molar-refractivity contribution in [3.63, 3.8) is 0 Å². The number of nitrogens with one attached hydrogen (secondary N) is 1. The standard InChI is InChI=1S/C13H16FN3O/c14-11-7-15-4-1-10(11)13(18)16-12-8-17-5-2-9(12)3-6-17/h1,4,7,9,12H,2-3,5-6,8H2,(H,16,18). The van der Waals surface area contributed by atoms with E-state index in [0.29, 0.717) is 5.92 Å². The molecule has 4 heterocycles. The second-order valence-electron chi connectivity index (χ2n) is 5.07. The van der Waals surface area contributed by atoms with Crippen LogP contribution in [0.2, 0.25) is 0 Å². The molecular formula is C13H16FN3O. The Morgan fingerprint density at radius 3 is 2.83 bits per heavy atom. The molecule has 3 aliphatic rings. The van der Waals surface area contributed by atoms with Gasteiger partial charge < -0.3 is 10.2 Å². The molecule has 1 atom stereocenters. The number of aromatic nitrogens is 1. The number of piperidine rings is 3. The van der Waals surface area contributed by atoms with Gasteiger partial charge in [0, 0.05) is 18.8 Å². The predicted molar refractivity (Wildman–Crippen MR) is 64.6 cm³/mol. The first-order valence-electron chi connectivity index (χ1n) is 6.37.